The molecule has 0 unspecified atom stereocenters. The van der Waals surface area contributed by atoms with E-state index in [1.807, 2.05) is 36.4 Å². The molecule has 3 rings (SSSR count). The molecule has 1 amide bonds. The van der Waals surface area contributed by atoms with Crippen LogP contribution in [0.1, 0.15) is 11.6 Å². The molecule has 2 atom stereocenters. The number of carbonyl (C=O) groups is 1. The fraction of sp³-hybridized carbons (Fsp3) is 0.188. The highest BCUT2D eigenvalue weighted by molar-refractivity contribution is 6.30. The summed E-state index contributed by atoms with van der Waals surface area (Å²) < 4.78 is 5.23. The first-order valence-corrected chi connectivity index (χ1v) is 6.98. The molecule has 21 heavy (non-hydrogen) atoms. The second-order valence-electron chi connectivity index (χ2n) is 4.93. The molecular weight excluding hydrogens is 288 g/mol. The minimum atomic E-state index is -0.534. The van der Waals surface area contributed by atoms with Crippen molar-refractivity contribution in [3.05, 3.63) is 59.1 Å². The molecule has 1 aliphatic heterocycles. The number of hydrogen-bond acceptors (Lipinski definition) is 3. The second-order valence-corrected chi connectivity index (χ2v) is 5.37. The Kier molecular flexibility index (Phi) is 3.57. The smallest absolute Gasteiger partial charge is 0.247 e. The molecule has 1 fully saturated rings. The van der Waals surface area contributed by atoms with Crippen LogP contribution in [0.2, 0.25) is 5.02 Å². The van der Waals surface area contributed by atoms with Crippen molar-refractivity contribution in [2.45, 2.75) is 12.1 Å². The summed E-state index contributed by atoms with van der Waals surface area (Å²) in [6, 6.07) is 14.0. The molecule has 0 spiro atoms. The van der Waals surface area contributed by atoms with E-state index in [4.69, 9.17) is 22.1 Å². The van der Waals surface area contributed by atoms with E-state index in [-0.39, 0.29) is 11.9 Å². The molecule has 0 aliphatic carbocycles. The number of carbonyl (C=O) groups excluding carboxylic acids is 1. The van der Waals surface area contributed by atoms with Crippen molar-refractivity contribution in [1.82, 2.24) is 0 Å². The van der Waals surface area contributed by atoms with Gasteiger partial charge in [-0.3, -0.25) is 4.79 Å². The van der Waals surface area contributed by atoms with Gasteiger partial charge >= 0.3 is 0 Å². The lowest BCUT2D eigenvalue weighted by molar-refractivity contribution is -0.126. The highest BCUT2D eigenvalue weighted by Gasteiger charge is 2.46. The number of methoxy groups -OCH3 is 1. The number of halogens is 1. The summed E-state index contributed by atoms with van der Waals surface area (Å²) in [6.07, 6.45) is 0. The Morgan fingerprint density at radius 1 is 1.19 bits per heavy atom. The van der Waals surface area contributed by atoms with Crippen molar-refractivity contribution in [2.24, 2.45) is 5.73 Å². The van der Waals surface area contributed by atoms with Crippen LogP contribution in [0.5, 0.6) is 5.75 Å². The van der Waals surface area contributed by atoms with Crippen molar-refractivity contribution >= 4 is 23.2 Å². The zero-order valence-electron chi connectivity index (χ0n) is 11.5. The van der Waals surface area contributed by atoms with E-state index in [1.165, 1.54) is 0 Å². The zero-order valence-corrected chi connectivity index (χ0v) is 12.2. The van der Waals surface area contributed by atoms with E-state index in [1.54, 1.807) is 24.1 Å². The van der Waals surface area contributed by atoms with Gasteiger partial charge in [0.2, 0.25) is 5.91 Å². The van der Waals surface area contributed by atoms with E-state index in [0.29, 0.717) is 5.02 Å². The van der Waals surface area contributed by atoms with Crippen molar-refractivity contribution in [1.29, 1.82) is 0 Å². The zero-order chi connectivity index (χ0) is 15.0. The number of hydrogen-bond donors (Lipinski definition) is 1. The molecule has 0 saturated carbocycles. The van der Waals surface area contributed by atoms with Gasteiger partial charge in [0.25, 0.3) is 0 Å². The predicted octanol–water partition coefficient (Wildman–Crippen LogP) is 2.76. The summed E-state index contributed by atoms with van der Waals surface area (Å²) in [5.74, 6) is 0.653. The number of nitrogens with two attached hydrogens (primary N) is 1. The van der Waals surface area contributed by atoms with Crippen LogP contribution in [-0.4, -0.2) is 19.1 Å². The number of rotatable bonds is 3. The maximum absolute atomic E-state index is 12.1. The molecule has 0 aromatic heterocycles. The van der Waals surface area contributed by atoms with Crippen LogP contribution in [0, 0.1) is 0 Å². The monoisotopic (exact) mass is 302 g/mol. The maximum atomic E-state index is 12.1. The number of benzene rings is 2. The summed E-state index contributed by atoms with van der Waals surface area (Å²) in [4.78, 5) is 13.8. The van der Waals surface area contributed by atoms with Gasteiger partial charge in [-0.15, -0.1) is 0 Å². The van der Waals surface area contributed by atoms with Gasteiger partial charge in [0.1, 0.15) is 11.8 Å². The van der Waals surface area contributed by atoms with E-state index < -0.39 is 6.04 Å². The Morgan fingerprint density at radius 3 is 2.57 bits per heavy atom. The van der Waals surface area contributed by atoms with Gasteiger partial charge in [-0.2, -0.15) is 0 Å². The number of amides is 1. The van der Waals surface area contributed by atoms with Gasteiger partial charge in [-0.05, 0) is 42.0 Å². The van der Waals surface area contributed by atoms with Crippen LogP contribution < -0.4 is 15.4 Å². The Hall–Kier alpha value is -2.04. The van der Waals surface area contributed by atoms with E-state index in [2.05, 4.69) is 0 Å². The van der Waals surface area contributed by atoms with E-state index in [0.717, 1.165) is 17.0 Å². The summed E-state index contributed by atoms with van der Waals surface area (Å²) in [5, 5.41) is 0.633. The summed E-state index contributed by atoms with van der Waals surface area (Å²) >= 11 is 5.89. The molecular formula is C16H15ClN2O2. The lowest BCUT2D eigenvalue weighted by Gasteiger charge is -2.45. The van der Waals surface area contributed by atoms with Crippen LogP contribution in [-0.2, 0) is 4.79 Å². The molecule has 1 saturated heterocycles. The lowest BCUT2D eigenvalue weighted by Crippen LogP contribution is -2.63. The van der Waals surface area contributed by atoms with Gasteiger partial charge in [-0.1, -0.05) is 23.7 Å². The molecule has 4 nitrogen and oxygen atoms in total. The van der Waals surface area contributed by atoms with Gasteiger partial charge in [0.15, 0.2) is 0 Å². The summed E-state index contributed by atoms with van der Waals surface area (Å²) in [6.45, 7) is 0. The van der Waals surface area contributed by atoms with Gasteiger partial charge in [0, 0.05) is 10.7 Å². The van der Waals surface area contributed by atoms with Crippen molar-refractivity contribution in [3.8, 4) is 5.75 Å². The quantitative estimate of drug-likeness (QED) is 0.887. The second kappa shape index (κ2) is 5.39. The lowest BCUT2D eigenvalue weighted by atomic mass is 9.88. The number of anilines is 1. The number of ether oxygens (including phenoxy) is 1. The normalized spacial score (nSPS) is 21.1. The van der Waals surface area contributed by atoms with Crippen molar-refractivity contribution in [2.75, 3.05) is 12.0 Å². The molecule has 2 N–H and O–H groups in total. The average Bonchev–Trinajstić information content (AvgIpc) is 2.52. The number of nitrogens with zero attached hydrogens (tertiary/aromatic N) is 1. The maximum Gasteiger partial charge on any atom is 0.247 e. The standard InChI is InChI=1S/C16H15ClN2O2/c1-21-13-4-2-3-10(9-13)15-14(18)16(20)19(15)12-7-5-11(17)6-8-12/h2-9,14-15H,18H2,1H3/t14-,15+/m1/s1. The van der Waals surface area contributed by atoms with Gasteiger partial charge < -0.3 is 15.4 Å². The highest BCUT2D eigenvalue weighted by atomic mass is 35.5. The van der Waals surface area contributed by atoms with Crippen molar-refractivity contribution < 1.29 is 9.53 Å². The third-order valence-corrected chi connectivity index (χ3v) is 3.93. The Balaban J connectivity index is 1.96. The van der Waals surface area contributed by atoms with Crippen LogP contribution in [0.3, 0.4) is 0 Å². The fourth-order valence-corrected chi connectivity index (χ4v) is 2.71. The molecule has 1 aliphatic rings. The summed E-state index contributed by atoms with van der Waals surface area (Å²) in [7, 11) is 1.61. The van der Waals surface area contributed by atoms with Gasteiger partial charge in [-0.25, -0.2) is 0 Å². The first-order valence-electron chi connectivity index (χ1n) is 6.60. The third-order valence-electron chi connectivity index (χ3n) is 3.68. The van der Waals surface area contributed by atoms with Crippen LogP contribution in [0.4, 0.5) is 5.69 Å². The van der Waals surface area contributed by atoms with Crippen LogP contribution in [0.25, 0.3) is 0 Å². The molecule has 0 bridgehead atoms. The molecule has 2 aromatic carbocycles. The van der Waals surface area contributed by atoms with E-state index in [9.17, 15) is 4.79 Å². The predicted molar refractivity (Wildman–Crippen MR) is 82.6 cm³/mol. The highest BCUT2D eigenvalue weighted by Crippen LogP contribution is 2.39. The topological polar surface area (TPSA) is 55.6 Å². The fourth-order valence-electron chi connectivity index (χ4n) is 2.58. The Morgan fingerprint density at radius 2 is 1.90 bits per heavy atom. The minimum absolute atomic E-state index is 0.0925. The molecule has 108 valence electrons. The van der Waals surface area contributed by atoms with Crippen LogP contribution in [0.15, 0.2) is 48.5 Å². The molecule has 5 heteroatoms. The summed E-state index contributed by atoms with van der Waals surface area (Å²) in [5.41, 5.74) is 7.74. The largest absolute Gasteiger partial charge is 0.497 e. The van der Waals surface area contributed by atoms with Gasteiger partial charge in [0.05, 0.1) is 13.2 Å². The third kappa shape index (κ3) is 2.37. The number of β-lactam (4-membered cyclic amide) rings is 1. The average molecular weight is 303 g/mol. The Labute approximate surface area is 128 Å². The first kappa shape index (κ1) is 13.9. The molecule has 2 aromatic rings. The first-order chi connectivity index (χ1) is 10.1. The Bertz CT molecular complexity index is 672. The minimum Gasteiger partial charge on any atom is -0.497 e. The molecule has 0 radical (unpaired) electrons. The van der Waals surface area contributed by atoms with Crippen molar-refractivity contribution in [3.63, 3.8) is 0 Å². The molecule has 1 heterocycles. The van der Waals surface area contributed by atoms with Crippen LogP contribution >= 0.6 is 11.6 Å². The SMILES string of the molecule is COc1cccc([C@H]2[C@@H](N)C(=O)N2c2ccc(Cl)cc2)c1. The van der Waals surface area contributed by atoms with E-state index >= 15 is 0 Å².